The van der Waals surface area contributed by atoms with E-state index in [1.165, 1.54) is 12.1 Å². The molecule has 9 heteroatoms. The van der Waals surface area contributed by atoms with Crippen molar-refractivity contribution in [1.29, 1.82) is 0 Å². The minimum absolute atomic E-state index is 0.00388. The van der Waals surface area contributed by atoms with Crippen LogP contribution in [0.1, 0.15) is 38.3 Å². The Balaban J connectivity index is 1.64. The number of aromatic nitrogens is 1. The first kappa shape index (κ1) is 20.6. The minimum atomic E-state index is -3.82. The molecule has 1 saturated heterocycles. The van der Waals surface area contributed by atoms with Gasteiger partial charge in [0.05, 0.1) is 15.1 Å². The molecule has 1 aliphatic rings. The fourth-order valence-corrected chi connectivity index (χ4v) is 6.01. The summed E-state index contributed by atoms with van der Waals surface area (Å²) in [5, 5.41) is 0. The van der Waals surface area contributed by atoms with Crippen LogP contribution in [0.3, 0.4) is 0 Å². The number of sulfonamides is 1. The Morgan fingerprint density at radius 3 is 2.50 bits per heavy atom. The van der Waals surface area contributed by atoms with Gasteiger partial charge in [-0.05, 0) is 69.2 Å². The molecule has 0 bridgehead atoms. The average Bonchev–Trinajstić information content (AvgIpc) is 3.23. The Labute approximate surface area is 179 Å². The van der Waals surface area contributed by atoms with Crippen molar-refractivity contribution in [1.82, 2.24) is 4.57 Å². The fraction of sp³-hybridized carbons (Fsp3) is 0.333. The monoisotopic (exact) mass is 445 g/mol. The van der Waals surface area contributed by atoms with Gasteiger partial charge in [0.2, 0.25) is 5.91 Å². The molecule has 7 nitrogen and oxygen atoms in total. The number of nitrogens with one attached hydrogen (secondary N) is 1. The van der Waals surface area contributed by atoms with Gasteiger partial charge in [-0.15, -0.1) is 0 Å². The van der Waals surface area contributed by atoms with Gasteiger partial charge in [0.25, 0.3) is 10.0 Å². The molecule has 1 aliphatic heterocycles. The summed E-state index contributed by atoms with van der Waals surface area (Å²) in [5.74, 6) is 0.0899. The largest absolute Gasteiger partial charge is 0.312 e. The number of benzene rings is 2. The zero-order valence-electron chi connectivity index (χ0n) is 17.0. The number of carbonyl (C=O) groups is 1. The van der Waals surface area contributed by atoms with E-state index in [4.69, 9.17) is 0 Å². The van der Waals surface area contributed by atoms with E-state index in [0.29, 0.717) is 23.4 Å². The molecule has 0 radical (unpaired) electrons. The molecule has 3 aromatic rings. The smallest absolute Gasteiger partial charge is 0.308 e. The molecule has 158 valence electrons. The standard InChI is InChI=1S/C21H23N3O4S2/c1-13(2)24-18-9-7-16(12-19(18)29-21(24)26)30(27,28)22-15-6-8-17(14(3)11-15)23-10-4-5-20(23)25/h6-9,11-13,22H,4-5,10H2,1-3H3. The van der Waals surface area contributed by atoms with Crippen LogP contribution in [0.2, 0.25) is 0 Å². The van der Waals surface area contributed by atoms with Gasteiger partial charge >= 0.3 is 4.87 Å². The van der Waals surface area contributed by atoms with Gasteiger partial charge in [-0.25, -0.2) is 8.42 Å². The highest BCUT2D eigenvalue weighted by molar-refractivity contribution is 7.92. The molecule has 1 aromatic heterocycles. The number of amides is 1. The third-order valence-electron chi connectivity index (χ3n) is 5.22. The molecule has 1 N–H and O–H groups in total. The third-order valence-corrected chi connectivity index (χ3v) is 7.52. The Kier molecular flexibility index (Phi) is 5.19. The lowest BCUT2D eigenvalue weighted by atomic mass is 10.1. The summed E-state index contributed by atoms with van der Waals surface area (Å²) in [6.45, 7) is 6.38. The molecule has 0 saturated carbocycles. The van der Waals surface area contributed by atoms with Crippen molar-refractivity contribution >= 4 is 48.9 Å². The second-order valence-corrected chi connectivity index (χ2v) is 10.4. The Bertz CT molecular complexity index is 1310. The van der Waals surface area contributed by atoms with Gasteiger partial charge in [0.1, 0.15) is 0 Å². The Morgan fingerprint density at radius 1 is 1.10 bits per heavy atom. The lowest BCUT2D eigenvalue weighted by molar-refractivity contribution is -0.117. The summed E-state index contributed by atoms with van der Waals surface area (Å²) in [5.41, 5.74) is 2.79. The predicted molar refractivity (Wildman–Crippen MR) is 120 cm³/mol. The van der Waals surface area contributed by atoms with Crippen molar-refractivity contribution < 1.29 is 13.2 Å². The van der Waals surface area contributed by atoms with E-state index in [0.717, 1.165) is 34.5 Å². The molecule has 30 heavy (non-hydrogen) atoms. The van der Waals surface area contributed by atoms with Crippen LogP contribution in [0, 0.1) is 6.92 Å². The quantitative estimate of drug-likeness (QED) is 0.645. The van der Waals surface area contributed by atoms with Crippen molar-refractivity contribution in [2.75, 3.05) is 16.2 Å². The molecule has 0 aliphatic carbocycles. The highest BCUT2D eigenvalue weighted by atomic mass is 32.2. The molecule has 4 rings (SSSR count). The van der Waals surface area contributed by atoms with Gasteiger partial charge < -0.3 is 4.90 Å². The van der Waals surface area contributed by atoms with Crippen LogP contribution in [0.5, 0.6) is 0 Å². The normalized spacial score (nSPS) is 14.8. The van der Waals surface area contributed by atoms with E-state index in [2.05, 4.69) is 4.72 Å². The molecular weight excluding hydrogens is 422 g/mol. The number of carbonyl (C=O) groups excluding carboxylic acids is 1. The predicted octanol–water partition coefficient (Wildman–Crippen LogP) is 3.88. The molecule has 0 spiro atoms. The maximum atomic E-state index is 12.9. The van der Waals surface area contributed by atoms with Crippen LogP contribution in [-0.2, 0) is 14.8 Å². The molecule has 1 fully saturated rings. The van der Waals surface area contributed by atoms with E-state index in [1.54, 1.807) is 33.7 Å². The summed E-state index contributed by atoms with van der Waals surface area (Å²) in [6.07, 6.45) is 1.38. The van der Waals surface area contributed by atoms with Crippen molar-refractivity contribution in [2.45, 2.75) is 44.6 Å². The van der Waals surface area contributed by atoms with Gasteiger partial charge in [-0.1, -0.05) is 11.3 Å². The number of nitrogens with zero attached hydrogens (tertiary/aromatic N) is 2. The lowest BCUT2D eigenvalue weighted by Crippen LogP contribution is -2.24. The number of fused-ring (bicyclic) bond motifs is 1. The van der Waals surface area contributed by atoms with Crippen molar-refractivity contribution in [3.63, 3.8) is 0 Å². The maximum Gasteiger partial charge on any atom is 0.308 e. The zero-order valence-corrected chi connectivity index (χ0v) is 18.6. The topological polar surface area (TPSA) is 88.5 Å². The van der Waals surface area contributed by atoms with Gasteiger partial charge in [-0.2, -0.15) is 0 Å². The van der Waals surface area contributed by atoms with Gasteiger partial charge in [0.15, 0.2) is 0 Å². The molecule has 2 heterocycles. The molecule has 2 aromatic carbocycles. The summed E-state index contributed by atoms with van der Waals surface area (Å²) in [6, 6.07) is 9.88. The van der Waals surface area contributed by atoms with Crippen LogP contribution in [0.4, 0.5) is 11.4 Å². The number of aryl methyl sites for hydroxylation is 1. The zero-order chi connectivity index (χ0) is 21.6. The van der Waals surface area contributed by atoms with E-state index in [-0.39, 0.29) is 21.7 Å². The second kappa shape index (κ2) is 7.55. The lowest BCUT2D eigenvalue weighted by Gasteiger charge is -2.19. The summed E-state index contributed by atoms with van der Waals surface area (Å²) in [4.78, 5) is 25.9. The van der Waals surface area contributed by atoms with E-state index in [1.807, 2.05) is 20.8 Å². The van der Waals surface area contributed by atoms with Crippen molar-refractivity contribution in [2.24, 2.45) is 0 Å². The van der Waals surface area contributed by atoms with Crippen LogP contribution in [0.25, 0.3) is 10.2 Å². The number of hydrogen-bond donors (Lipinski definition) is 1. The number of anilines is 2. The second-order valence-electron chi connectivity index (χ2n) is 7.72. The Hall–Kier alpha value is -2.65. The third kappa shape index (κ3) is 3.63. The SMILES string of the molecule is Cc1cc(NS(=O)(=O)c2ccc3c(c2)sc(=O)n3C(C)C)ccc1N1CCCC1=O. The van der Waals surface area contributed by atoms with Gasteiger partial charge in [-0.3, -0.25) is 18.9 Å². The first-order chi connectivity index (χ1) is 14.2. The number of hydrogen-bond acceptors (Lipinski definition) is 5. The highest BCUT2D eigenvalue weighted by Crippen LogP contribution is 2.29. The van der Waals surface area contributed by atoms with E-state index < -0.39 is 10.0 Å². The van der Waals surface area contributed by atoms with Crippen LogP contribution >= 0.6 is 11.3 Å². The van der Waals surface area contributed by atoms with E-state index in [9.17, 15) is 18.0 Å². The fourth-order valence-electron chi connectivity index (χ4n) is 3.81. The molecule has 1 amide bonds. The first-order valence-electron chi connectivity index (χ1n) is 9.76. The summed E-state index contributed by atoms with van der Waals surface area (Å²) >= 11 is 1.04. The van der Waals surface area contributed by atoms with Crippen molar-refractivity contribution in [3.8, 4) is 0 Å². The maximum absolute atomic E-state index is 12.9. The summed E-state index contributed by atoms with van der Waals surface area (Å²) < 4.78 is 30.7. The highest BCUT2D eigenvalue weighted by Gasteiger charge is 2.23. The molecular formula is C21H23N3O4S2. The van der Waals surface area contributed by atoms with Crippen molar-refractivity contribution in [3.05, 3.63) is 51.6 Å². The number of rotatable bonds is 5. The first-order valence-corrected chi connectivity index (χ1v) is 12.1. The van der Waals surface area contributed by atoms with E-state index >= 15 is 0 Å². The number of thiazole rings is 1. The Morgan fingerprint density at radius 2 is 1.87 bits per heavy atom. The molecule has 0 unspecified atom stereocenters. The van der Waals surface area contributed by atoms with Crippen LogP contribution in [-0.4, -0.2) is 25.4 Å². The molecule has 0 atom stereocenters. The van der Waals surface area contributed by atoms with Crippen LogP contribution in [0.15, 0.2) is 46.1 Å². The average molecular weight is 446 g/mol. The van der Waals surface area contributed by atoms with Gasteiger partial charge in [0, 0.05) is 30.4 Å². The van der Waals surface area contributed by atoms with Crippen LogP contribution < -0.4 is 14.5 Å². The summed E-state index contributed by atoms with van der Waals surface area (Å²) in [7, 11) is -3.82. The minimum Gasteiger partial charge on any atom is -0.312 e.